The maximum absolute atomic E-state index is 12.5. The molecule has 1 heterocycles. The fraction of sp³-hybridized carbons (Fsp3) is 0.438. The van der Waals surface area contributed by atoms with E-state index in [4.69, 9.17) is 0 Å². The summed E-state index contributed by atoms with van der Waals surface area (Å²) in [6.07, 6.45) is 0. The van der Waals surface area contributed by atoms with Crippen LogP contribution >= 0.6 is 0 Å². The average Bonchev–Trinajstić information content (AvgIpc) is 2.67. The predicted molar refractivity (Wildman–Crippen MR) is 79.6 cm³/mol. The number of hydrogen-bond donors (Lipinski definition) is 1. The molecule has 1 aromatic heterocycles. The number of rotatable bonds is 2. The normalized spacial score (nSPS) is 11.8. The number of benzene rings is 1. The van der Waals surface area contributed by atoms with Crippen molar-refractivity contribution in [2.24, 2.45) is 0 Å². The fourth-order valence-electron chi connectivity index (χ4n) is 2.24. The Hall–Kier alpha value is -1.77. The summed E-state index contributed by atoms with van der Waals surface area (Å²) in [4.78, 5) is 12.5. The molecule has 0 aliphatic rings. The van der Waals surface area contributed by atoms with Crippen LogP contribution in [0.1, 0.15) is 39.0 Å². The van der Waals surface area contributed by atoms with Crippen LogP contribution < -0.4 is 5.56 Å². The zero-order valence-electron chi connectivity index (χ0n) is 12.4. The number of aryl methyl sites for hydroxylation is 2. The van der Waals surface area contributed by atoms with E-state index in [-0.39, 0.29) is 11.0 Å². The van der Waals surface area contributed by atoms with Crippen LogP contribution in [0.2, 0.25) is 0 Å². The molecule has 0 bridgehead atoms. The topological polar surface area (TPSA) is 37.8 Å². The first kappa shape index (κ1) is 13.7. The lowest BCUT2D eigenvalue weighted by Crippen LogP contribution is -2.16. The van der Waals surface area contributed by atoms with Crippen LogP contribution in [0.5, 0.6) is 0 Å². The molecule has 0 amide bonds. The highest BCUT2D eigenvalue weighted by Gasteiger charge is 2.24. The monoisotopic (exact) mass is 258 g/mol. The highest BCUT2D eigenvalue weighted by atomic mass is 16.1. The molecule has 0 aliphatic heterocycles. The van der Waals surface area contributed by atoms with Crippen molar-refractivity contribution in [3.63, 3.8) is 0 Å². The Kier molecular flexibility index (Phi) is 3.40. The number of aromatic amines is 1. The SMILES string of the molecule is CCn1[nH]c(C(C)(C)C)c(-c2ccc(C)cc2)c1=O. The highest BCUT2D eigenvalue weighted by molar-refractivity contribution is 5.66. The maximum atomic E-state index is 12.5. The Labute approximate surface area is 114 Å². The standard InChI is InChI=1S/C16H22N2O/c1-6-18-15(19)13(14(17-18)16(3,4)5)12-9-7-11(2)8-10-12/h7-10,17H,6H2,1-5H3. The van der Waals surface area contributed by atoms with Gasteiger partial charge in [-0.2, -0.15) is 0 Å². The van der Waals surface area contributed by atoms with Crippen LogP contribution in [0.3, 0.4) is 0 Å². The third-order valence-corrected chi connectivity index (χ3v) is 3.36. The molecule has 19 heavy (non-hydrogen) atoms. The molecule has 0 spiro atoms. The van der Waals surface area contributed by atoms with E-state index in [0.717, 1.165) is 16.8 Å². The van der Waals surface area contributed by atoms with Gasteiger partial charge >= 0.3 is 0 Å². The lowest BCUT2D eigenvalue weighted by atomic mass is 9.87. The summed E-state index contributed by atoms with van der Waals surface area (Å²) >= 11 is 0. The van der Waals surface area contributed by atoms with Gasteiger partial charge in [-0.25, -0.2) is 0 Å². The summed E-state index contributed by atoms with van der Waals surface area (Å²) in [5.41, 5.74) is 3.98. The molecular weight excluding hydrogens is 236 g/mol. The Morgan fingerprint density at radius 3 is 2.21 bits per heavy atom. The highest BCUT2D eigenvalue weighted by Crippen LogP contribution is 2.29. The van der Waals surface area contributed by atoms with Crippen LogP contribution in [0.4, 0.5) is 0 Å². The van der Waals surface area contributed by atoms with Crippen LogP contribution in [0.25, 0.3) is 11.1 Å². The van der Waals surface area contributed by atoms with Gasteiger partial charge < -0.3 is 0 Å². The third kappa shape index (κ3) is 2.50. The van der Waals surface area contributed by atoms with Crippen LogP contribution in [0, 0.1) is 6.92 Å². The lowest BCUT2D eigenvalue weighted by molar-refractivity contribution is 0.538. The summed E-state index contributed by atoms with van der Waals surface area (Å²) in [6, 6.07) is 8.14. The van der Waals surface area contributed by atoms with Gasteiger partial charge in [0.2, 0.25) is 0 Å². The molecule has 1 aromatic carbocycles. The summed E-state index contributed by atoms with van der Waals surface area (Å²) in [7, 11) is 0. The second-order valence-corrected chi connectivity index (χ2v) is 6.03. The van der Waals surface area contributed by atoms with Gasteiger partial charge in [-0.1, -0.05) is 50.6 Å². The van der Waals surface area contributed by atoms with E-state index >= 15 is 0 Å². The summed E-state index contributed by atoms with van der Waals surface area (Å²) in [6.45, 7) is 11.1. The van der Waals surface area contributed by atoms with E-state index < -0.39 is 0 Å². The minimum Gasteiger partial charge on any atom is -0.299 e. The largest absolute Gasteiger partial charge is 0.299 e. The van der Waals surface area contributed by atoms with E-state index in [1.807, 2.05) is 31.2 Å². The fourth-order valence-corrected chi connectivity index (χ4v) is 2.24. The van der Waals surface area contributed by atoms with Gasteiger partial charge in [0.1, 0.15) is 0 Å². The zero-order chi connectivity index (χ0) is 14.2. The second kappa shape index (κ2) is 4.72. The van der Waals surface area contributed by atoms with Crippen molar-refractivity contribution in [3.05, 3.63) is 45.9 Å². The molecule has 0 fully saturated rings. The smallest absolute Gasteiger partial charge is 0.274 e. The van der Waals surface area contributed by atoms with Crippen molar-refractivity contribution in [1.29, 1.82) is 0 Å². The van der Waals surface area contributed by atoms with Crippen LogP contribution in [0.15, 0.2) is 29.1 Å². The lowest BCUT2D eigenvalue weighted by Gasteiger charge is -2.18. The van der Waals surface area contributed by atoms with E-state index in [0.29, 0.717) is 6.54 Å². The zero-order valence-corrected chi connectivity index (χ0v) is 12.4. The number of nitrogens with one attached hydrogen (secondary N) is 1. The minimum atomic E-state index is -0.0835. The van der Waals surface area contributed by atoms with Gasteiger partial charge in [-0.3, -0.25) is 14.6 Å². The van der Waals surface area contributed by atoms with Crippen LogP contribution in [-0.2, 0) is 12.0 Å². The summed E-state index contributed by atoms with van der Waals surface area (Å²) in [5.74, 6) is 0. The molecule has 2 aromatic rings. The van der Waals surface area contributed by atoms with Crippen molar-refractivity contribution in [3.8, 4) is 11.1 Å². The number of aromatic nitrogens is 2. The molecule has 1 N–H and O–H groups in total. The van der Waals surface area contributed by atoms with Gasteiger partial charge in [0, 0.05) is 12.0 Å². The molecule has 0 atom stereocenters. The minimum absolute atomic E-state index is 0.0660. The first-order valence-corrected chi connectivity index (χ1v) is 6.75. The van der Waals surface area contributed by atoms with E-state index in [9.17, 15) is 4.79 Å². The van der Waals surface area contributed by atoms with Gasteiger partial charge in [0.25, 0.3) is 5.56 Å². The van der Waals surface area contributed by atoms with Crippen molar-refractivity contribution < 1.29 is 0 Å². The molecule has 0 saturated carbocycles. The maximum Gasteiger partial charge on any atom is 0.274 e. The molecule has 0 radical (unpaired) electrons. The molecule has 3 heteroatoms. The van der Waals surface area contributed by atoms with E-state index in [2.05, 4.69) is 32.8 Å². The molecule has 102 valence electrons. The first-order chi connectivity index (χ1) is 8.84. The Morgan fingerprint density at radius 2 is 1.74 bits per heavy atom. The molecular formula is C16H22N2O. The van der Waals surface area contributed by atoms with Crippen LogP contribution in [-0.4, -0.2) is 9.78 Å². The first-order valence-electron chi connectivity index (χ1n) is 6.75. The number of nitrogens with zero attached hydrogens (tertiary/aromatic N) is 1. The van der Waals surface area contributed by atoms with Crippen molar-refractivity contribution in [2.75, 3.05) is 0 Å². The second-order valence-electron chi connectivity index (χ2n) is 6.03. The summed E-state index contributed by atoms with van der Waals surface area (Å²) < 4.78 is 1.68. The Bertz CT molecular complexity index is 624. The number of H-pyrrole nitrogens is 1. The average molecular weight is 258 g/mol. The van der Waals surface area contributed by atoms with E-state index in [1.54, 1.807) is 4.68 Å². The van der Waals surface area contributed by atoms with Crippen molar-refractivity contribution in [1.82, 2.24) is 9.78 Å². The quantitative estimate of drug-likeness (QED) is 0.880. The van der Waals surface area contributed by atoms with Gasteiger partial charge in [0.05, 0.1) is 11.3 Å². The number of hydrogen-bond acceptors (Lipinski definition) is 1. The Morgan fingerprint density at radius 1 is 1.16 bits per heavy atom. The van der Waals surface area contributed by atoms with E-state index in [1.165, 1.54) is 5.56 Å². The third-order valence-electron chi connectivity index (χ3n) is 3.36. The predicted octanol–water partition coefficient (Wildman–Crippen LogP) is 3.47. The van der Waals surface area contributed by atoms with Crippen molar-refractivity contribution >= 4 is 0 Å². The van der Waals surface area contributed by atoms with Gasteiger partial charge in [-0.05, 0) is 19.4 Å². The molecule has 3 nitrogen and oxygen atoms in total. The summed E-state index contributed by atoms with van der Waals surface area (Å²) in [5, 5.41) is 3.26. The van der Waals surface area contributed by atoms with Gasteiger partial charge in [0.15, 0.2) is 0 Å². The van der Waals surface area contributed by atoms with Gasteiger partial charge in [-0.15, -0.1) is 0 Å². The molecule has 0 aliphatic carbocycles. The molecule has 0 unspecified atom stereocenters. The molecule has 2 rings (SSSR count). The van der Waals surface area contributed by atoms with Crippen molar-refractivity contribution in [2.45, 2.75) is 46.6 Å². The molecule has 0 saturated heterocycles. The Balaban J connectivity index is 2.71.